The van der Waals surface area contributed by atoms with Crippen molar-refractivity contribution in [3.05, 3.63) is 34.9 Å². The van der Waals surface area contributed by atoms with Crippen LogP contribution in [0.15, 0.2) is 18.2 Å². The summed E-state index contributed by atoms with van der Waals surface area (Å²) < 4.78 is 0. The van der Waals surface area contributed by atoms with Gasteiger partial charge in [-0.1, -0.05) is 31.5 Å². The van der Waals surface area contributed by atoms with Crippen molar-refractivity contribution in [2.45, 2.75) is 52.0 Å². The molecule has 98 valence electrons. The van der Waals surface area contributed by atoms with Gasteiger partial charge in [-0.3, -0.25) is 4.79 Å². The molecule has 1 heterocycles. The lowest BCUT2D eigenvalue weighted by Crippen LogP contribution is -2.47. The number of Topliss-reactive ketones (excluding diaryl/α,β-unsaturated/α-hetero) is 1. The first-order valence-corrected chi connectivity index (χ1v) is 6.97. The Morgan fingerprint density at radius 1 is 1.39 bits per heavy atom. The molecule has 1 unspecified atom stereocenters. The second kappa shape index (κ2) is 5.23. The molecule has 1 fully saturated rings. The fraction of sp³-hybridized carbons (Fsp3) is 0.562. The molecule has 0 bridgehead atoms. The summed E-state index contributed by atoms with van der Waals surface area (Å²) in [4.78, 5) is 12.9. The molecule has 1 atom stereocenters. The molecule has 0 aromatic heterocycles. The molecule has 1 aromatic carbocycles. The molecule has 0 spiro atoms. The summed E-state index contributed by atoms with van der Waals surface area (Å²) in [6.07, 6.45) is 4.08. The van der Waals surface area contributed by atoms with Crippen molar-refractivity contribution in [1.29, 1.82) is 0 Å². The fourth-order valence-corrected chi connectivity index (χ4v) is 3.01. The van der Waals surface area contributed by atoms with E-state index in [1.165, 1.54) is 5.56 Å². The van der Waals surface area contributed by atoms with Gasteiger partial charge in [0.1, 0.15) is 0 Å². The highest BCUT2D eigenvalue weighted by Gasteiger charge is 2.40. The summed E-state index contributed by atoms with van der Waals surface area (Å²) in [6, 6.07) is 6.03. The SMILES string of the molecule is CCCC1(C(=O)c2cccc(C)c2C)CCCN1. The lowest BCUT2D eigenvalue weighted by molar-refractivity contribution is 0.0857. The summed E-state index contributed by atoms with van der Waals surface area (Å²) in [5, 5.41) is 3.47. The van der Waals surface area contributed by atoms with Crippen molar-refractivity contribution in [2.75, 3.05) is 6.54 Å². The molecule has 1 aromatic rings. The van der Waals surface area contributed by atoms with Crippen LogP contribution in [0, 0.1) is 13.8 Å². The Kier molecular flexibility index (Phi) is 3.86. The number of carbonyl (C=O) groups excluding carboxylic acids is 1. The van der Waals surface area contributed by atoms with Gasteiger partial charge in [0.05, 0.1) is 5.54 Å². The molecule has 0 aliphatic carbocycles. The van der Waals surface area contributed by atoms with Gasteiger partial charge in [-0.05, 0) is 50.8 Å². The molecule has 0 saturated carbocycles. The average Bonchev–Trinajstić information content (AvgIpc) is 2.82. The molecule has 2 rings (SSSR count). The third kappa shape index (κ3) is 2.22. The van der Waals surface area contributed by atoms with Crippen LogP contribution in [0.5, 0.6) is 0 Å². The van der Waals surface area contributed by atoms with E-state index in [4.69, 9.17) is 0 Å². The minimum absolute atomic E-state index is 0.294. The number of hydrogen-bond donors (Lipinski definition) is 1. The van der Waals surface area contributed by atoms with Gasteiger partial charge in [-0.25, -0.2) is 0 Å². The van der Waals surface area contributed by atoms with Crippen LogP contribution >= 0.6 is 0 Å². The minimum atomic E-state index is -0.298. The van der Waals surface area contributed by atoms with E-state index in [1.54, 1.807) is 0 Å². The van der Waals surface area contributed by atoms with Crippen molar-refractivity contribution in [3.63, 3.8) is 0 Å². The largest absolute Gasteiger partial charge is 0.305 e. The fourth-order valence-electron chi connectivity index (χ4n) is 3.01. The van der Waals surface area contributed by atoms with E-state index in [0.29, 0.717) is 5.78 Å². The number of ketones is 1. The van der Waals surface area contributed by atoms with Crippen LogP contribution in [-0.2, 0) is 0 Å². The highest BCUT2D eigenvalue weighted by Crippen LogP contribution is 2.30. The van der Waals surface area contributed by atoms with E-state index in [1.807, 2.05) is 12.1 Å². The summed E-state index contributed by atoms with van der Waals surface area (Å²) in [6.45, 7) is 7.24. The highest BCUT2D eigenvalue weighted by molar-refractivity contribution is 6.04. The molecule has 2 heteroatoms. The van der Waals surface area contributed by atoms with Crippen molar-refractivity contribution >= 4 is 5.78 Å². The third-order valence-corrected chi connectivity index (χ3v) is 4.20. The van der Waals surface area contributed by atoms with E-state index in [-0.39, 0.29) is 5.54 Å². The Labute approximate surface area is 110 Å². The van der Waals surface area contributed by atoms with Gasteiger partial charge in [0.2, 0.25) is 0 Å². The second-order valence-electron chi connectivity index (χ2n) is 5.44. The summed E-state index contributed by atoms with van der Waals surface area (Å²) in [5.41, 5.74) is 2.93. The van der Waals surface area contributed by atoms with E-state index in [2.05, 4.69) is 32.2 Å². The number of carbonyl (C=O) groups is 1. The van der Waals surface area contributed by atoms with Crippen LogP contribution in [-0.4, -0.2) is 17.9 Å². The van der Waals surface area contributed by atoms with Gasteiger partial charge in [0.25, 0.3) is 0 Å². The van der Waals surface area contributed by atoms with Crippen LogP contribution < -0.4 is 5.32 Å². The number of benzene rings is 1. The zero-order valence-electron chi connectivity index (χ0n) is 11.7. The minimum Gasteiger partial charge on any atom is -0.305 e. The van der Waals surface area contributed by atoms with Crippen LogP contribution in [0.25, 0.3) is 0 Å². The number of hydrogen-bond acceptors (Lipinski definition) is 2. The van der Waals surface area contributed by atoms with E-state index < -0.39 is 0 Å². The Hall–Kier alpha value is -1.15. The van der Waals surface area contributed by atoms with E-state index in [9.17, 15) is 4.79 Å². The highest BCUT2D eigenvalue weighted by atomic mass is 16.1. The van der Waals surface area contributed by atoms with E-state index >= 15 is 0 Å². The van der Waals surface area contributed by atoms with Crippen LogP contribution in [0.3, 0.4) is 0 Å². The van der Waals surface area contributed by atoms with Crippen LogP contribution in [0.2, 0.25) is 0 Å². The summed E-state index contributed by atoms with van der Waals surface area (Å²) >= 11 is 0. The van der Waals surface area contributed by atoms with Crippen LogP contribution in [0.1, 0.15) is 54.1 Å². The Morgan fingerprint density at radius 3 is 2.78 bits per heavy atom. The van der Waals surface area contributed by atoms with Gasteiger partial charge < -0.3 is 5.32 Å². The van der Waals surface area contributed by atoms with E-state index in [0.717, 1.165) is 43.4 Å². The quantitative estimate of drug-likeness (QED) is 0.824. The number of rotatable bonds is 4. The van der Waals surface area contributed by atoms with Gasteiger partial charge in [0, 0.05) is 5.56 Å². The first-order valence-electron chi connectivity index (χ1n) is 6.97. The number of aryl methyl sites for hydroxylation is 1. The molecule has 1 aliphatic heterocycles. The number of nitrogens with one attached hydrogen (secondary N) is 1. The zero-order chi connectivity index (χ0) is 13.2. The van der Waals surface area contributed by atoms with Crippen LogP contribution in [0.4, 0.5) is 0 Å². The summed E-state index contributed by atoms with van der Waals surface area (Å²) in [7, 11) is 0. The molecule has 1 N–H and O–H groups in total. The van der Waals surface area contributed by atoms with Gasteiger partial charge in [0.15, 0.2) is 5.78 Å². The maximum absolute atomic E-state index is 12.9. The molecule has 1 saturated heterocycles. The Bertz CT molecular complexity index is 444. The molecular formula is C16H23NO. The lowest BCUT2D eigenvalue weighted by atomic mass is 9.82. The lowest BCUT2D eigenvalue weighted by Gasteiger charge is -2.28. The van der Waals surface area contributed by atoms with Crippen molar-refractivity contribution in [3.8, 4) is 0 Å². The van der Waals surface area contributed by atoms with Crippen molar-refractivity contribution < 1.29 is 4.79 Å². The molecule has 2 nitrogen and oxygen atoms in total. The standard InChI is InChI=1S/C16H23NO/c1-4-9-16(10-6-11-17-16)15(18)14-8-5-7-12(2)13(14)3/h5,7-8,17H,4,6,9-11H2,1-3H3. The monoisotopic (exact) mass is 245 g/mol. The predicted octanol–water partition coefficient (Wildman–Crippen LogP) is 3.41. The Morgan fingerprint density at radius 2 is 2.17 bits per heavy atom. The maximum Gasteiger partial charge on any atom is 0.183 e. The molecule has 0 amide bonds. The smallest absolute Gasteiger partial charge is 0.183 e. The van der Waals surface area contributed by atoms with Crippen molar-refractivity contribution in [1.82, 2.24) is 5.32 Å². The third-order valence-electron chi connectivity index (χ3n) is 4.20. The topological polar surface area (TPSA) is 29.1 Å². The van der Waals surface area contributed by atoms with Gasteiger partial charge in [-0.2, -0.15) is 0 Å². The van der Waals surface area contributed by atoms with Crippen molar-refractivity contribution in [2.24, 2.45) is 0 Å². The van der Waals surface area contributed by atoms with Gasteiger partial charge in [-0.15, -0.1) is 0 Å². The molecular weight excluding hydrogens is 222 g/mol. The first kappa shape index (κ1) is 13.3. The predicted molar refractivity (Wildman–Crippen MR) is 75.1 cm³/mol. The Balaban J connectivity index is 2.37. The molecule has 1 aliphatic rings. The normalized spacial score (nSPS) is 23.3. The maximum atomic E-state index is 12.9. The zero-order valence-corrected chi connectivity index (χ0v) is 11.7. The first-order chi connectivity index (χ1) is 8.60. The summed E-state index contributed by atoms with van der Waals surface area (Å²) in [5.74, 6) is 0.294. The average molecular weight is 245 g/mol. The second-order valence-corrected chi connectivity index (χ2v) is 5.44. The molecule has 18 heavy (non-hydrogen) atoms. The van der Waals surface area contributed by atoms with Gasteiger partial charge >= 0.3 is 0 Å². The molecule has 0 radical (unpaired) electrons.